The van der Waals surface area contributed by atoms with Crippen molar-refractivity contribution >= 4 is 40.9 Å². The van der Waals surface area contributed by atoms with Crippen LogP contribution in [0.15, 0.2) is 84.0 Å². The Kier molecular flexibility index (Phi) is 6.68. The summed E-state index contributed by atoms with van der Waals surface area (Å²) in [4.78, 5) is 30.1. The molecule has 1 heterocycles. The zero-order valence-corrected chi connectivity index (χ0v) is 18.7. The zero-order chi connectivity index (χ0) is 22.5. The van der Waals surface area contributed by atoms with Gasteiger partial charge in [-0.15, -0.1) is 5.10 Å². The summed E-state index contributed by atoms with van der Waals surface area (Å²) in [6, 6.07) is 23.6. The molecule has 1 N–H and O–H groups in total. The van der Waals surface area contributed by atoms with Gasteiger partial charge < -0.3 is 5.32 Å². The van der Waals surface area contributed by atoms with E-state index in [4.69, 9.17) is 11.6 Å². The Bertz CT molecular complexity index is 1260. The number of halogens is 1. The predicted octanol–water partition coefficient (Wildman–Crippen LogP) is 5.33. The molecule has 0 aliphatic carbocycles. The molecule has 1 aromatic heterocycles. The molecule has 4 aromatic rings. The summed E-state index contributed by atoms with van der Waals surface area (Å²) < 4.78 is 1.20. The number of carbonyl (C=O) groups excluding carboxylic acids is 2. The number of benzene rings is 3. The summed E-state index contributed by atoms with van der Waals surface area (Å²) in [6.45, 7) is 1.98. The van der Waals surface area contributed by atoms with Gasteiger partial charge in [0.15, 0.2) is 11.0 Å². The van der Waals surface area contributed by atoms with Crippen LogP contribution >= 0.6 is 23.4 Å². The van der Waals surface area contributed by atoms with E-state index in [2.05, 4.69) is 15.4 Å². The summed E-state index contributed by atoms with van der Waals surface area (Å²) in [5.74, 6) is -0.157. The number of amides is 1. The maximum Gasteiger partial charge on any atom is 0.282 e. The highest BCUT2D eigenvalue weighted by Gasteiger charge is 2.21. The third-order valence-electron chi connectivity index (χ3n) is 4.57. The van der Waals surface area contributed by atoms with Crippen LogP contribution in [0.5, 0.6) is 0 Å². The van der Waals surface area contributed by atoms with E-state index in [1.807, 2.05) is 61.5 Å². The molecule has 0 aliphatic heterocycles. The number of rotatable bonds is 6. The van der Waals surface area contributed by atoms with Crippen molar-refractivity contribution in [3.63, 3.8) is 0 Å². The SMILES string of the molecule is Cc1ccc(NC(=O)CSc2nc(-c3ccccc3)nn2C(=O)c2ccccc2Cl)cc1. The van der Waals surface area contributed by atoms with Gasteiger partial charge in [0, 0.05) is 11.3 Å². The lowest BCUT2D eigenvalue weighted by Gasteiger charge is -2.07. The molecule has 8 heteroatoms. The molecule has 0 atom stereocenters. The largest absolute Gasteiger partial charge is 0.325 e. The number of anilines is 1. The Morgan fingerprint density at radius 1 is 0.969 bits per heavy atom. The molecule has 0 radical (unpaired) electrons. The quantitative estimate of drug-likeness (QED) is 0.392. The number of carbonyl (C=O) groups is 2. The number of hydrogen-bond donors (Lipinski definition) is 1. The van der Waals surface area contributed by atoms with Crippen molar-refractivity contribution < 1.29 is 9.59 Å². The van der Waals surface area contributed by atoms with Gasteiger partial charge in [-0.2, -0.15) is 4.68 Å². The van der Waals surface area contributed by atoms with Crippen molar-refractivity contribution in [2.75, 3.05) is 11.1 Å². The van der Waals surface area contributed by atoms with Gasteiger partial charge in [-0.1, -0.05) is 83.5 Å². The van der Waals surface area contributed by atoms with Crippen LogP contribution in [0.4, 0.5) is 5.69 Å². The minimum absolute atomic E-state index is 0.0661. The van der Waals surface area contributed by atoms with E-state index in [1.54, 1.807) is 24.3 Å². The zero-order valence-electron chi connectivity index (χ0n) is 17.2. The monoisotopic (exact) mass is 462 g/mol. The number of aromatic nitrogens is 3. The van der Waals surface area contributed by atoms with Gasteiger partial charge in [0.2, 0.25) is 5.91 Å². The van der Waals surface area contributed by atoms with Gasteiger partial charge in [-0.3, -0.25) is 9.59 Å². The van der Waals surface area contributed by atoms with Gasteiger partial charge in [0.25, 0.3) is 5.91 Å². The lowest BCUT2D eigenvalue weighted by Crippen LogP contribution is -2.18. The second-order valence-corrected chi connectivity index (χ2v) is 8.33. The van der Waals surface area contributed by atoms with Crippen LogP contribution in [0, 0.1) is 6.92 Å². The molecule has 0 bridgehead atoms. The Balaban J connectivity index is 1.59. The fraction of sp³-hybridized carbons (Fsp3) is 0.0833. The highest BCUT2D eigenvalue weighted by atomic mass is 35.5. The molecule has 0 saturated heterocycles. The topological polar surface area (TPSA) is 76.9 Å². The lowest BCUT2D eigenvalue weighted by molar-refractivity contribution is -0.113. The summed E-state index contributed by atoms with van der Waals surface area (Å²) in [7, 11) is 0. The number of nitrogens with one attached hydrogen (secondary N) is 1. The first-order chi connectivity index (χ1) is 15.5. The molecule has 0 aliphatic rings. The van der Waals surface area contributed by atoms with Gasteiger partial charge >= 0.3 is 0 Å². The van der Waals surface area contributed by atoms with Crippen molar-refractivity contribution in [3.8, 4) is 11.4 Å². The van der Waals surface area contributed by atoms with E-state index in [1.165, 1.54) is 4.68 Å². The predicted molar refractivity (Wildman–Crippen MR) is 127 cm³/mol. The third-order valence-corrected chi connectivity index (χ3v) is 5.83. The van der Waals surface area contributed by atoms with Crippen LogP contribution in [-0.2, 0) is 4.79 Å². The first kappa shape index (κ1) is 21.8. The number of nitrogens with zero attached hydrogens (tertiary/aromatic N) is 3. The molecule has 0 saturated carbocycles. The van der Waals surface area contributed by atoms with Crippen LogP contribution in [0.2, 0.25) is 5.02 Å². The van der Waals surface area contributed by atoms with Gasteiger partial charge in [-0.25, -0.2) is 4.98 Å². The summed E-state index contributed by atoms with van der Waals surface area (Å²) in [5.41, 5.74) is 2.89. The van der Waals surface area contributed by atoms with Crippen LogP contribution < -0.4 is 5.32 Å². The average Bonchev–Trinajstić information content (AvgIpc) is 3.24. The molecule has 3 aromatic carbocycles. The second kappa shape index (κ2) is 9.80. The van der Waals surface area contributed by atoms with Gasteiger partial charge in [0.05, 0.1) is 16.3 Å². The highest BCUT2D eigenvalue weighted by Crippen LogP contribution is 2.24. The van der Waals surface area contributed by atoms with Crippen molar-refractivity contribution in [3.05, 3.63) is 95.0 Å². The molecule has 32 heavy (non-hydrogen) atoms. The highest BCUT2D eigenvalue weighted by molar-refractivity contribution is 7.99. The number of thioether (sulfide) groups is 1. The summed E-state index contributed by atoms with van der Waals surface area (Å²) >= 11 is 7.36. The smallest absolute Gasteiger partial charge is 0.282 e. The van der Waals surface area contributed by atoms with Crippen LogP contribution in [0.3, 0.4) is 0 Å². The summed E-state index contributed by atoms with van der Waals surface area (Å²) in [6.07, 6.45) is 0. The first-order valence-corrected chi connectivity index (χ1v) is 11.2. The third kappa shape index (κ3) is 5.07. The fourth-order valence-electron chi connectivity index (χ4n) is 2.95. The molecule has 0 fully saturated rings. The Labute approximate surface area is 194 Å². The molecular weight excluding hydrogens is 444 g/mol. The van der Waals surface area contributed by atoms with E-state index in [9.17, 15) is 9.59 Å². The van der Waals surface area contributed by atoms with E-state index < -0.39 is 5.91 Å². The van der Waals surface area contributed by atoms with Crippen molar-refractivity contribution in [2.24, 2.45) is 0 Å². The molecule has 160 valence electrons. The molecule has 4 rings (SSSR count). The van der Waals surface area contributed by atoms with Crippen molar-refractivity contribution in [1.82, 2.24) is 14.8 Å². The molecule has 0 spiro atoms. The maximum absolute atomic E-state index is 13.2. The van der Waals surface area contributed by atoms with E-state index in [-0.39, 0.29) is 11.7 Å². The second-order valence-electron chi connectivity index (χ2n) is 6.98. The molecule has 0 unspecified atom stereocenters. The minimum atomic E-state index is -0.410. The Morgan fingerprint density at radius 2 is 1.66 bits per heavy atom. The normalized spacial score (nSPS) is 10.7. The van der Waals surface area contributed by atoms with Crippen molar-refractivity contribution in [2.45, 2.75) is 12.1 Å². The van der Waals surface area contributed by atoms with Crippen LogP contribution in [0.1, 0.15) is 15.9 Å². The standard InChI is InChI=1S/C24H19ClN4O2S/c1-16-11-13-18(14-12-16)26-21(30)15-32-24-27-22(17-7-3-2-4-8-17)28-29(24)23(31)19-9-5-6-10-20(19)25/h2-14H,15H2,1H3,(H,26,30). The fourth-order valence-corrected chi connectivity index (χ4v) is 3.89. The maximum atomic E-state index is 13.2. The van der Waals surface area contributed by atoms with Gasteiger partial charge in [0.1, 0.15) is 0 Å². The van der Waals surface area contributed by atoms with Crippen LogP contribution in [0.25, 0.3) is 11.4 Å². The lowest BCUT2D eigenvalue weighted by atomic mass is 10.2. The van der Waals surface area contributed by atoms with E-state index in [0.29, 0.717) is 27.3 Å². The number of hydrogen-bond acceptors (Lipinski definition) is 5. The van der Waals surface area contributed by atoms with E-state index in [0.717, 1.165) is 22.9 Å². The Morgan fingerprint density at radius 3 is 2.38 bits per heavy atom. The Hall–Kier alpha value is -3.42. The minimum Gasteiger partial charge on any atom is -0.325 e. The summed E-state index contributed by atoms with van der Waals surface area (Å²) in [5, 5.41) is 7.89. The van der Waals surface area contributed by atoms with Gasteiger partial charge in [-0.05, 0) is 31.2 Å². The van der Waals surface area contributed by atoms with Crippen LogP contribution in [-0.4, -0.2) is 32.3 Å². The molecule has 6 nitrogen and oxygen atoms in total. The van der Waals surface area contributed by atoms with E-state index >= 15 is 0 Å². The molecular formula is C24H19ClN4O2S. The number of aryl methyl sites for hydroxylation is 1. The molecule has 1 amide bonds. The first-order valence-electron chi connectivity index (χ1n) is 9.82. The van der Waals surface area contributed by atoms with Crippen molar-refractivity contribution in [1.29, 1.82) is 0 Å². The average molecular weight is 463 g/mol.